The van der Waals surface area contributed by atoms with Gasteiger partial charge in [0.1, 0.15) is 0 Å². The van der Waals surface area contributed by atoms with Crippen LogP contribution < -0.4 is 134 Å². The van der Waals surface area contributed by atoms with Crippen LogP contribution >= 0.6 is 0 Å². The molecule has 87 heavy (non-hydrogen) atoms. The van der Waals surface area contributed by atoms with E-state index in [1.807, 2.05) is 120 Å². The van der Waals surface area contributed by atoms with E-state index in [1.165, 1.54) is 0 Å². The predicted molar refractivity (Wildman–Crippen MR) is 295 cm³/mol. The number of hydrogen-bond acceptors (Lipinski definition) is 22. The third-order valence-corrected chi connectivity index (χ3v) is 13.2. The molecule has 0 atom stereocenters. The molecule has 0 saturated heterocycles. The first-order valence-corrected chi connectivity index (χ1v) is 26.0. The summed E-state index contributed by atoms with van der Waals surface area (Å²) in [6.07, 6.45) is -1.50. The van der Waals surface area contributed by atoms with Gasteiger partial charge < -0.3 is 61.4 Å². The summed E-state index contributed by atoms with van der Waals surface area (Å²) < 4.78 is 55.0. The van der Waals surface area contributed by atoms with Crippen molar-refractivity contribution in [1.82, 2.24) is 39.4 Å². The van der Waals surface area contributed by atoms with Crippen LogP contribution in [-0.2, 0) is 35.8 Å². The molecule has 0 amide bonds. The molecular formula is C60H48K2N8O17. The molecule has 0 aliphatic heterocycles. The number of nitrogens with zero attached hydrogens (tertiary/aromatic N) is 8. The van der Waals surface area contributed by atoms with Gasteiger partial charge in [0.25, 0.3) is 12.0 Å². The minimum atomic E-state index is -0.860. The van der Waals surface area contributed by atoms with E-state index in [9.17, 15) is 29.4 Å². The summed E-state index contributed by atoms with van der Waals surface area (Å²) in [4.78, 5) is 65.9. The largest absolute Gasteiger partial charge is 1.00 e. The first kappa shape index (κ1) is 64.9. The summed E-state index contributed by atoms with van der Waals surface area (Å²) in [5.74, 6) is -1.77. The van der Waals surface area contributed by atoms with E-state index in [0.717, 1.165) is 33.4 Å². The molecule has 6 aromatic heterocycles. The summed E-state index contributed by atoms with van der Waals surface area (Å²) in [5, 5.41) is 30.4. The van der Waals surface area contributed by atoms with Crippen LogP contribution in [0.5, 0.6) is 24.2 Å². The first-order valence-electron chi connectivity index (χ1n) is 26.0. The van der Waals surface area contributed by atoms with Crippen LogP contribution in [0.25, 0.3) is 67.1 Å². The molecule has 27 heteroatoms. The van der Waals surface area contributed by atoms with Crippen molar-refractivity contribution in [1.29, 1.82) is 0 Å². The molecule has 0 unspecified atom stereocenters. The maximum absolute atomic E-state index is 13.2. The number of imidazole rings is 2. The summed E-state index contributed by atoms with van der Waals surface area (Å²) in [6, 6.07) is 41.5. The minimum absolute atomic E-state index is 0. The molecular weight excluding hydrogens is 1180 g/mol. The molecule has 0 aliphatic rings. The van der Waals surface area contributed by atoms with Crippen molar-refractivity contribution >= 4 is 34.0 Å². The zero-order chi connectivity index (χ0) is 58.4. The second-order valence-corrected chi connectivity index (χ2v) is 18.4. The van der Waals surface area contributed by atoms with Gasteiger partial charge in [-0.25, -0.2) is 29.1 Å². The van der Waals surface area contributed by atoms with Crippen LogP contribution in [0.3, 0.4) is 0 Å². The van der Waals surface area contributed by atoms with Gasteiger partial charge in [0.15, 0.2) is 60.1 Å². The van der Waals surface area contributed by atoms with E-state index < -0.39 is 35.7 Å². The monoisotopic (exact) mass is 1230 g/mol. The van der Waals surface area contributed by atoms with Gasteiger partial charge in [-0.3, -0.25) is 9.13 Å². The van der Waals surface area contributed by atoms with Crippen molar-refractivity contribution in [3.05, 3.63) is 200 Å². The van der Waals surface area contributed by atoms with Gasteiger partial charge in [0.05, 0.1) is 59.5 Å². The van der Waals surface area contributed by atoms with Crippen LogP contribution in [0.1, 0.15) is 68.7 Å². The van der Waals surface area contributed by atoms with Crippen LogP contribution in [0.4, 0.5) is 0 Å². The number of hydrogen-bond donors (Lipinski definition) is 0. The number of aryl methyl sites for hydroxylation is 2. The molecule has 2 N–H and O–H groups in total. The van der Waals surface area contributed by atoms with E-state index in [2.05, 4.69) is 39.3 Å². The van der Waals surface area contributed by atoms with Crippen molar-refractivity contribution in [2.45, 2.75) is 54.0 Å². The molecule has 6 heterocycles. The Balaban J connectivity index is 0.000000218. The van der Waals surface area contributed by atoms with E-state index in [-0.39, 0.29) is 167 Å². The molecule has 0 spiro atoms. The van der Waals surface area contributed by atoms with E-state index in [1.54, 1.807) is 50.2 Å². The smallest absolute Gasteiger partial charge is 0.528 e. The number of esters is 2. The Morgan fingerprint density at radius 1 is 0.494 bits per heavy atom. The van der Waals surface area contributed by atoms with E-state index in [4.69, 9.17) is 36.6 Å². The summed E-state index contributed by atoms with van der Waals surface area (Å²) in [7, 11) is 0. The van der Waals surface area contributed by atoms with Gasteiger partial charge in [0.2, 0.25) is 0 Å². The molecule has 0 bridgehead atoms. The van der Waals surface area contributed by atoms with E-state index >= 15 is 0 Å². The Kier molecular flexibility index (Phi) is 21.7. The molecule has 0 aliphatic carbocycles. The molecule has 0 saturated carbocycles. The number of carbonyl (C=O) groups excluding carboxylic acids is 2. The normalized spacial score (nSPS) is 10.8. The molecule has 12 rings (SSSR count). The SMILES string of the molecule is CCOc1nc2cccc(C(=O)OCc3oc(=O)oc3C)c2n1Cc1ccc(-c2ccccc2-c2noc([O-])n2)cc1.CCOc1nc2cccc(C(=O)OCc3oc(=O)oc3C)c2n1Cc1ccc(-c2ccccc2-c2noc([O-])n2)cc1.O.[K+].[K+]. The maximum Gasteiger partial charge on any atom is 1.00 e. The van der Waals surface area contributed by atoms with Gasteiger partial charge in [-0.2, -0.15) is 20.3 Å². The number of aromatic nitrogens is 8. The molecule has 432 valence electrons. The van der Waals surface area contributed by atoms with Crippen LogP contribution in [0.15, 0.2) is 170 Å². The Morgan fingerprint density at radius 2 is 0.874 bits per heavy atom. The standard InChI is InChI=1S/2C30H24N4O8.2K.H2O/c2*1-3-38-28-31-23-10-6-9-22(27(35)39-16-24-17(2)40-30(37)41-24)25(23)34(28)15-18-11-13-19(14-12-18)20-7-4-5-8-21(20)26-32-29(36)42-33-26;;;/h2*4-14H,3,15-16H2,1-2H3,(H,32,33,36);;;1H2/q;;2*+1;/p-2. The molecule has 0 fully saturated rings. The topological polar surface area (TPSA) is 349 Å². The van der Waals surface area contributed by atoms with Crippen LogP contribution in [0, 0.1) is 13.8 Å². The molecule has 6 aromatic carbocycles. The first-order chi connectivity index (χ1) is 40.8. The summed E-state index contributed by atoms with van der Waals surface area (Å²) in [6.45, 7) is 7.72. The second kappa shape index (κ2) is 29.1. The average molecular weight is 1230 g/mol. The van der Waals surface area contributed by atoms with Gasteiger partial charge in [-0.05, 0) is 85.3 Å². The minimum Gasteiger partial charge on any atom is -0.528 e. The third kappa shape index (κ3) is 14.5. The molecule has 12 aromatic rings. The van der Waals surface area contributed by atoms with E-state index in [0.29, 0.717) is 71.5 Å². The fourth-order valence-corrected chi connectivity index (χ4v) is 9.30. The predicted octanol–water partition coefficient (Wildman–Crippen LogP) is 2.15. The number of para-hydroxylation sites is 2. The van der Waals surface area contributed by atoms with Crippen LogP contribution in [0.2, 0.25) is 0 Å². The fraction of sp³-hybridized carbons (Fsp3) is 0.167. The number of ether oxygens (including phenoxy) is 4. The molecule has 0 radical (unpaired) electrons. The van der Waals surface area contributed by atoms with Crippen molar-refractivity contribution < 1.29 is 174 Å². The Hall–Kier alpha value is -8.07. The van der Waals surface area contributed by atoms with Crippen molar-refractivity contribution in [3.63, 3.8) is 0 Å². The van der Waals surface area contributed by atoms with Crippen molar-refractivity contribution in [2.75, 3.05) is 13.2 Å². The number of rotatable bonds is 18. The van der Waals surface area contributed by atoms with Crippen molar-refractivity contribution in [3.8, 4) is 69.2 Å². The van der Waals surface area contributed by atoms with Crippen LogP contribution in [-0.4, -0.2) is 70.0 Å². The average Bonchev–Trinajstić information content (AvgIpc) is 2.45. The number of carbonyl (C=O) groups is 2. The zero-order valence-electron chi connectivity index (χ0n) is 47.6. The van der Waals surface area contributed by atoms with Gasteiger partial charge >= 0.3 is 126 Å². The summed E-state index contributed by atoms with van der Waals surface area (Å²) >= 11 is 0. The maximum atomic E-state index is 13.2. The van der Waals surface area contributed by atoms with Crippen molar-refractivity contribution in [2.24, 2.45) is 0 Å². The second-order valence-electron chi connectivity index (χ2n) is 18.4. The van der Waals surface area contributed by atoms with Gasteiger partial charge in [-0.15, -0.1) is 0 Å². The quantitative estimate of drug-likeness (QED) is 0.0877. The Bertz CT molecular complexity index is 4200. The Morgan fingerprint density at radius 3 is 1.21 bits per heavy atom. The molecule has 25 nitrogen and oxygen atoms in total. The van der Waals surface area contributed by atoms with Gasteiger partial charge in [0, 0.05) is 11.1 Å². The third-order valence-electron chi connectivity index (χ3n) is 13.2. The number of fused-ring (bicyclic) bond motifs is 2. The summed E-state index contributed by atoms with van der Waals surface area (Å²) in [5.41, 5.74) is 9.35. The number of benzene rings is 6. The zero-order valence-corrected chi connectivity index (χ0v) is 53.8. The van der Waals surface area contributed by atoms with Gasteiger partial charge in [-0.1, -0.05) is 109 Å². The Labute approximate surface area is 577 Å². The fourth-order valence-electron chi connectivity index (χ4n) is 9.30.